The van der Waals surface area contributed by atoms with Crippen LogP contribution in [0.15, 0.2) is 24.3 Å². The summed E-state index contributed by atoms with van der Waals surface area (Å²) >= 11 is 0. The number of rotatable bonds is 6. The van der Waals surface area contributed by atoms with Crippen molar-refractivity contribution in [2.75, 3.05) is 18.9 Å². The van der Waals surface area contributed by atoms with Crippen molar-refractivity contribution in [2.24, 2.45) is 5.92 Å². The van der Waals surface area contributed by atoms with Gasteiger partial charge in [0.1, 0.15) is 6.61 Å². The molecule has 1 aliphatic rings. The van der Waals surface area contributed by atoms with Crippen molar-refractivity contribution in [3.8, 4) is 0 Å². The van der Waals surface area contributed by atoms with Gasteiger partial charge < -0.3 is 15.8 Å². The molecule has 92 valence electrons. The van der Waals surface area contributed by atoms with Crippen LogP contribution >= 0.6 is 0 Å². The molecule has 3 N–H and O–H groups in total. The van der Waals surface area contributed by atoms with Crippen molar-refractivity contribution in [3.05, 3.63) is 29.8 Å². The average molecular weight is 234 g/mol. The SMILES string of the molecule is Nc1ccc(COCC(=O)NCC2CC2)cc1. The fraction of sp³-hybridized carbons (Fsp3) is 0.462. The van der Waals surface area contributed by atoms with Crippen LogP contribution in [0.2, 0.25) is 0 Å². The number of carbonyl (C=O) groups is 1. The van der Waals surface area contributed by atoms with E-state index >= 15 is 0 Å². The zero-order chi connectivity index (χ0) is 12.1. The first kappa shape index (κ1) is 11.9. The third-order valence-electron chi connectivity index (χ3n) is 2.77. The van der Waals surface area contributed by atoms with Gasteiger partial charge >= 0.3 is 0 Å². The predicted molar refractivity (Wildman–Crippen MR) is 66.2 cm³/mol. The molecule has 0 aromatic heterocycles. The van der Waals surface area contributed by atoms with Crippen LogP contribution in [-0.2, 0) is 16.1 Å². The maximum absolute atomic E-state index is 11.4. The molecule has 4 heteroatoms. The molecule has 0 aliphatic heterocycles. The summed E-state index contributed by atoms with van der Waals surface area (Å²) in [5.41, 5.74) is 7.33. The van der Waals surface area contributed by atoms with Gasteiger partial charge in [0.15, 0.2) is 0 Å². The van der Waals surface area contributed by atoms with E-state index in [4.69, 9.17) is 10.5 Å². The Balaban J connectivity index is 1.61. The lowest BCUT2D eigenvalue weighted by molar-refractivity contribution is -0.126. The van der Waals surface area contributed by atoms with E-state index in [1.165, 1.54) is 12.8 Å². The molecule has 1 saturated carbocycles. The summed E-state index contributed by atoms with van der Waals surface area (Å²) in [7, 11) is 0. The monoisotopic (exact) mass is 234 g/mol. The van der Waals surface area contributed by atoms with Gasteiger partial charge in [-0.3, -0.25) is 4.79 Å². The number of hydrogen-bond donors (Lipinski definition) is 2. The van der Waals surface area contributed by atoms with E-state index in [2.05, 4.69) is 5.32 Å². The lowest BCUT2D eigenvalue weighted by atomic mass is 10.2. The van der Waals surface area contributed by atoms with Crippen LogP contribution in [0.25, 0.3) is 0 Å². The zero-order valence-electron chi connectivity index (χ0n) is 9.82. The molecule has 4 nitrogen and oxygen atoms in total. The average Bonchev–Trinajstić information content (AvgIpc) is 3.13. The Morgan fingerprint density at radius 3 is 2.71 bits per heavy atom. The Morgan fingerprint density at radius 2 is 2.06 bits per heavy atom. The van der Waals surface area contributed by atoms with E-state index in [9.17, 15) is 4.79 Å². The van der Waals surface area contributed by atoms with Crippen molar-refractivity contribution < 1.29 is 9.53 Å². The topological polar surface area (TPSA) is 64.3 Å². The fourth-order valence-electron chi connectivity index (χ4n) is 1.51. The van der Waals surface area contributed by atoms with Gasteiger partial charge in [-0.1, -0.05) is 12.1 Å². The van der Waals surface area contributed by atoms with Crippen LogP contribution in [0, 0.1) is 5.92 Å². The summed E-state index contributed by atoms with van der Waals surface area (Å²) in [4.78, 5) is 11.4. The van der Waals surface area contributed by atoms with Crippen molar-refractivity contribution in [1.29, 1.82) is 0 Å². The minimum Gasteiger partial charge on any atom is -0.399 e. The van der Waals surface area contributed by atoms with Crippen LogP contribution in [0.5, 0.6) is 0 Å². The first-order valence-electron chi connectivity index (χ1n) is 5.93. The van der Waals surface area contributed by atoms with Crippen LogP contribution in [0.1, 0.15) is 18.4 Å². The van der Waals surface area contributed by atoms with Crippen molar-refractivity contribution in [1.82, 2.24) is 5.32 Å². The molecule has 0 saturated heterocycles. The summed E-state index contributed by atoms with van der Waals surface area (Å²) in [5.74, 6) is 0.670. The Hall–Kier alpha value is -1.55. The number of nitrogens with one attached hydrogen (secondary N) is 1. The van der Waals surface area contributed by atoms with Crippen molar-refractivity contribution in [3.63, 3.8) is 0 Å². The first-order chi connectivity index (χ1) is 8.24. The van der Waals surface area contributed by atoms with E-state index in [0.717, 1.165) is 17.8 Å². The van der Waals surface area contributed by atoms with Crippen LogP contribution in [0.4, 0.5) is 5.69 Å². The van der Waals surface area contributed by atoms with Crippen LogP contribution < -0.4 is 11.1 Å². The number of amides is 1. The predicted octanol–water partition coefficient (Wildman–Crippen LogP) is 1.31. The normalized spacial score (nSPS) is 14.6. The van der Waals surface area contributed by atoms with E-state index < -0.39 is 0 Å². The van der Waals surface area contributed by atoms with Gasteiger partial charge in [0.05, 0.1) is 6.61 Å². The number of carbonyl (C=O) groups excluding carboxylic acids is 1. The lowest BCUT2D eigenvalue weighted by Crippen LogP contribution is -2.29. The molecule has 0 spiro atoms. The maximum atomic E-state index is 11.4. The van der Waals surface area contributed by atoms with Gasteiger partial charge in [-0.25, -0.2) is 0 Å². The second kappa shape index (κ2) is 5.68. The Bertz CT molecular complexity index is 372. The zero-order valence-corrected chi connectivity index (χ0v) is 9.82. The van der Waals surface area contributed by atoms with Gasteiger partial charge in [0.25, 0.3) is 0 Å². The summed E-state index contributed by atoms with van der Waals surface area (Å²) in [6, 6.07) is 7.45. The molecule has 0 radical (unpaired) electrons. The van der Waals surface area contributed by atoms with Crippen molar-refractivity contribution >= 4 is 11.6 Å². The molecular weight excluding hydrogens is 216 g/mol. The third kappa shape index (κ3) is 4.44. The summed E-state index contributed by atoms with van der Waals surface area (Å²) in [6.07, 6.45) is 2.49. The molecule has 17 heavy (non-hydrogen) atoms. The molecule has 0 heterocycles. The van der Waals surface area contributed by atoms with Gasteiger partial charge in [-0.15, -0.1) is 0 Å². The first-order valence-corrected chi connectivity index (χ1v) is 5.93. The summed E-state index contributed by atoms with van der Waals surface area (Å²) in [6.45, 7) is 1.36. The number of ether oxygens (including phenoxy) is 1. The second-order valence-corrected chi connectivity index (χ2v) is 4.48. The highest BCUT2D eigenvalue weighted by atomic mass is 16.5. The molecule has 0 unspecified atom stereocenters. The highest BCUT2D eigenvalue weighted by molar-refractivity contribution is 5.77. The molecule has 0 atom stereocenters. The highest BCUT2D eigenvalue weighted by Gasteiger charge is 2.21. The van der Waals surface area contributed by atoms with Crippen LogP contribution in [-0.4, -0.2) is 19.1 Å². The Kier molecular flexibility index (Phi) is 3.98. The fourth-order valence-corrected chi connectivity index (χ4v) is 1.51. The molecule has 0 bridgehead atoms. The van der Waals surface area contributed by atoms with Crippen LogP contribution in [0.3, 0.4) is 0 Å². The molecule has 1 aromatic carbocycles. The smallest absolute Gasteiger partial charge is 0.246 e. The van der Waals surface area contributed by atoms with E-state index in [1.807, 2.05) is 24.3 Å². The minimum absolute atomic E-state index is 0.0349. The third-order valence-corrected chi connectivity index (χ3v) is 2.77. The largest absolute Gasteiger partial charge is 0.399 e. The van der Waals surface area contributed by atoms with Gasteiger partial charge in [-0.2, -0.15) is 0 Å². The van der Waals surface area contributed by atoms with E-state index in [0.29, 0.717) is 12.5 Å². The van der Waals surface area contributed by atoms with Gasteiger partial charge in [0.2, 0.25) is 5.91 Å². The Labute approximate surface area is 101 Å². The number of hydrogen-bond acceptors (Lipinski definition) is 3. The number of nitrogen functional groups attached to an aromatic ring is 1. The highest BCUT2D eigenvalue weighted by Crippen LogP contribution is 2.27. The number of benzene rings is 1. The molecule has 1 amide bonds. The maximum Gasteiger partial charge on any atom is 0.246 e. The number of nitrogens with two attached hydrogens (primary N) is 1. The Morgan fingerprint density at radius 1 is 1.35 bits per heavy atom. The standard InChI is InChI=1S/C13H18N2O2/c14-12-5-3-11(4-6-12)8-17-9-13(16)15-7-10-1-2-10/h3-6,10H,1-2,7-9,14H2,(H,15,16). The minimum atomic E-state index is -0.0349. The molecule has 1 fully saturated rings. The van der Waals surface area contributed by atoms with Gasteiger partial charge in [-0.05, 0) is 36.5 Å². The second-order valence-electron chi connectivity index (χ2n) is 4.48. The van der Waals surface area contributed by atoms with Gasteiger partial charge in [0, 0.05) is 12.2 Å². The molecular formula is C13H18N2O2. The summed E-state index contributed by atoms with van der Waals surface area (Å²) < 4.78 is 5.32. The summed E-state index contributed by atoms with van der Waals surface area (Å²) in [5, 5.41) is 2.86. The lowest BCUT2D eigenvalue weighted by Gasteiger charge is -2.06. The van der Waals surface area contributed by atoms with Crippen molar-refractivity contribution in [2.45, 2.75) is 19.4 Å². The molecule has 2 rings (SSSR count). The molecule has 1 aliphatic carbocycles. The van der Waals surface area contributed by atoms with E-state index in [-0.39, 0.29) is 12.5 Å². The number of anilines is 1. The quantitative estimate of drug-likeness (QED) is 0.729. The van der Waals surface area contributed by atoms with E-state index in [1.54, 1.807) is 0 Å². The molecule has 1 aromatic rings.